The minimum absolute atomic E-state index is 0.153. The number of amides is 2. The molecule has 11 nitrogen and oxygen atoms in total. The van der Waals surface area contributed by atoms with Gasteiger partial charge in [-0.3, -0.25) is 19.7 Å². The molecule has 26 heavy (non-hydrogen) atoms. The molecular weight excluding hydrogens is 350 g/mol. The molecule has 0 aliphatic rings. The zero-order valence-electron chi connectivity index (χ0n) is 14.0. The topological polar surface area (TPSA) is 173 Å². The fraction of sp³-hybridized carbons (Fsp3) is 0.467. The fourth-order valence-electron chi connectivity index (χ4n) is 2.03. The van der Waals surface area contributed by atoms with Crippen LogP contribution < -0.4 is 5.32 Å². The smallest absolute Gasteiger partial charge is 0.271 e. The third kappa shape index (κ3) is 6.04. The summed E-state index contributed by atoms with van der Waals surface area (Å²) in [7, 11) is 1.33. The molecule has 0 aromatic heterocycles. The normalized spacial score (nSPS) is 13.0. The number of rotatable bonds is 9. The highest BCUT2D eigenvalue weighted by Gasteiger charge is 2.21. The highest BCUT2D eigenvalue weighted by atomic mass is 16.6. The van der Waals surface area contributed by atoms with E-state index in [1.165, 1.54) is 7.05 Å². The lowest BCUT2D eigenvalue weighted by Crippen LogP contribution is -2.36. The Morgan fingerprint density at radius 3 is 2.27 bits per heavy atom. The van der Waals surface area contributed by atoms with Crippen LogP contribution in [0.4, 0.5) is 5.69 Å². The Hall–Kier alpha value is -2.60. The predicted molar refractivity (Wildman–Crippen MR) is 88.6 cm³/mol. The van der Waals surface area contributed by atoms with Crippen LogP contribution in [0.25, 0.3) is 0 Å². The Morgan fingerprint density at radius 1 is 1.15 bits per heavy atom. The number of hydrogen-bond acceptors (Lipinski definition) is 8. The summed E-state index contributed by atoms with van der Waals surface area (Å²) >= 11 is 0. The summed E-state index contributed by atoms with van der Waals surface area (Å²) in [6.45, 7) is -1.61. The van der Waals surface area contributed by atoms with E-state index in [0.29, 0.717) is 0 Å². The number of carbonyl (C=O) groups excluding carboxylic acids is 2. The van der Waals surface area contributed by atoms with E-state index in [-0.39, 0.29) is 24.2 Å². The average molecular weight is 371 g/mol. The second kappa shape index (κ2) is 9.77. The molecule has 0 spiro atoms. The second-order valence-corrected chi connectivity index (χ2v) is 5.59. The van der Waals surface area contributed by atoms with Crippen LogP contribution in [0.15, 0.2) is 18.2 Å². The van der Waals surface area contributed by atoms with E-state index in [1.807, 2.05) is 0 Å². The van der Waals surface area contributed by atoms with Crippen molar-refractivity contribution < 1.29 is 34.9 Å². The molecular formula is C15H21N3O8. The van der Waals surface area contributed by atoms with Gasteiger partial charge < -0.3 is 30.6 Å². The third-order valence-corrected chi connectivity index (χ3v) is 3.39. The van der Waals surface area contributed by atoms with Gasteiger partial charge in [0.15, 0.2) is 0 Å². The zero-order valence-corrected chi connectivity index (χ0v) is 14.0. The van der Waals surface area contributed by atoms with Crippen LogP contribution in [0.5, 0.6) is 0 Å². The average Bonchev–Trinajstić information content (AvgIpc) is 2.64. The Kier molecular flexibility index (Phi) is 8.06. The predicted octanol–water partition coefficient (Wildman–Crippen LogP) is -1.90. The molecule has 2 atom stereocenters. The quantitative estimate of drug-likeness (QED) is 0.247. The van der Waals surface area contributed by atoms with Gasteiger partial charge in [-0.1, -0.05) is 0 Å². The Morgan fingerprint density at radius 2 is 1.73 bits per heavy atom. The molecule has 0 fully saturated rings. The number of non-ortho nitro benzene ring substituents is 1. The number of hydrogen-bond donors (Lipinski definition) is 5. The van der Waals surface area contributed by atoms with Crippen molar-refractivity contribution in [2.75, 3.05) is 33.4 Å². The lowest BCUT2D eigenvalue weighted by molar-refractivity contribution is -0.384. The van der Waals surface area contributed by atoms with Crippen LogP contribution in [0.1, 0.15) is 20.7 Å². The Bertz CT molecular complexity index is 666. The standard InChI is InChI=1S/C15H21N3O8/c1-17(6-13(22)8-20)15(24)10-2-9(3-11(4-10)18(25)26)14(23)16-5-12(21)7-19/h2-4,12-13,19-22H,5-8H2,1H3,(H,16,23). The number of likely N-dealkylation sites (N-methyl/N-ethyl adjacent to an activating group) is 1. The highest BCUT2D eigenvalue weighted by molar-refractivity contribution is 6.00. The molecule has 2 unspecified atom stereocenters. The van der Waals surface area contributed by atoms with E-state index in [0.717, 1.165) is 23.1 Å². The van der Waals surface area contributed by atoms with Gasteiger partial charge in [-0.05, 0) is 6.07 Å². The van der Waals surface area contributed by atoms with Crippen LogP contribution in [-0.4, -0.2) is 87.6 Å². The van der Waals surface area contributed by atoms with Gasteiger partial charge in [-0.15, -0.1) is 0 Å². The lowest BCUT2D eigenvalue weighted by atomic mass is 10.1. The number of nitrogens with zero attached hydrogens (tertiary/aromatic N) is 2. The van der Waals surface area contributed by atoms with Gasteiger partial charge in [-0.25, -0.2) is 0 Å². The molecule has 0 saturated carbocycles. The van der Waals surface area contributed by atoms with Crippen LogP contribution in [0.3, 0.4) is 0 Å². The first-order valence-electron chi connectivity index (χ1n) is 7.60. The first-order valence-corrected chi connectivity index (χ1v) is 7.60. The number of aliphatic hydroxyl groups is 4. The van der Waals surface area contributed by atoms with Crippen molar-refractivity contribution in [2.24, 2.45) is 0 Å². The van der Waals surface area contributed by atoms with Crippen molar-refractivity contribution in [1.29, 1.82) is 0 Å². The summed E-state index contributed by atoms with van der Waals surface area (Å²) in [5.74, 6) is -1.46. The SMILES string of the molecule is CN(CC(O)CO)C(=O)c1cc(C(=O)NCC(O)CO)cc([N+](=O)[O-])c1. The molecule has 0 heterocycles. The lowest BCUT2D eigenvalue weighted by Gasteiger charge is -2.20. The molecule has 0 saturated heterocycles. The van der Waals surface area contributed by atoms with Crippen molar-refractivity contribution in [3.8, 4) is 0 Å². The number of benzene rings is 1. The van der Waals surface area contributed by atoms with Crippen molar-refractivity contribution in [3.05, 3.63) is 39.4 Å². The van der Waals surface area contributed by atoms with E-state index in [4.69, 9.17) is 10.2 Å². The Labute approximate surface area is 148 Å². The molecule has 11 heteroatoms. The van der Waals surface area contributed by atoms with Gasteiger partial charge in [0.2, 0.25) is 0 Å². The van der Waals surface area contributed by atoms with Gasteiger partial charge in [0.05, 0.1) is 30.3 Å². The van der Waals surface area contributed by atoms with Gasteiger partial charge >= 0.3 is 0 Å². The summed E-state index contributed by atoms with van der Waals surface area (Å²) in [5.41, 5.74) is -0.816. The van der Waals surface area contributed by atoms with Crippen molar-refractivity contribution in [3.63, 3.8) is 0 Å². The largest absolute Gasteiger partial charge is 0.394 e. The van der Waals surface area contributed by atoms with Gasteiger partial charge in [0.1, 0.15) is 0 Å². The summed E-state index contributed by atoms with van der Waals surface area (Å²) in [4.78, 5) is 35.8. The molecule has 0 aliphatic carbocycles. The van der Waals surface area contributed by atoms with Crippen LogP contribution in [0.2, 0.25) is 0 Å². The van der Waals surface area contributed by atoms with Crippen molar-refractivity contribution >= 4 is 17.5 Å². The van der Waals surface area contributed by atoms with E-state index in [1.54, 1.807) is 0 Å². The summed E-state index contributed by atoms with van der Waals surface area (Å²) in [6.07, 6.45) is -2.37. The number of aliphatic hydroxyl groups excluding tert-OH is 4. The van der Waals surface area contributed by atoms with Gasteiger partial charge in [0.25, 0.3) is 17.5 Å². The van der Waals surface area contributed by atoms with Gasteiger partial charge in [0, 0.05) is 43.4 Å². The first kappa shape index (κ1) is 21.4. The third-order valence-electron chi connectivity index (χ3n) is 3.39. The van der Waals surface area contributed by atoms with E-state index < -0.39 is 47.8 Å². The minimum atomic E-state index is -1.19. The number of nitrogens with one attached hydrogen (secondary N) is 1. The Balaban J connectivity index is 3.09. The summed E-state index contributed by atoms with van der Waals surface area (Å²) in [5, 5.41) is 49.5. The summed E-state index contributed by atoms with van der Waals surface area (Å²) in [6, 6.07) is 3.10. The van der Waals surface area contributed by atoms with Gasteiger partial charge in [-0.2, -0.15) is 0 Å². The maximum absolute atomic E-state index is 12.4. The van der Waals surface area contributed by atoms with Crippen LogP contribution in [-0.2, 0) is 0 Å². The molecule has 0 radical (unpaired) electrons. The van der Waals surface area contributed by atoms with Crippen molar-refractivity contribution in [1.82, 2.24) is 10.2 Å². The molecule has 0 aliphatic heterocycles. The molecule has 5 N–H and O–H groups in total. The zero-order chi connectivity index (χ0) is 19.9. The van der Waals surface area contributed by atoms with Crippen LogP contribution >= 0.6 is 0 Å². The maximum atomic E-state index is 12.4. The molecule has 0 bridgehead atoms. The highest BCUT2D eigenvalue weighted by Crippen LogP contribution is 2.19. The second-order valence-electron chi connectivity index (χ2n) is 5.59. The molecule has 1 aromatic rings. The summed E-state index contributed by atoms with van der Waals surface area (Å²) < 4.78 is 0. The van der Waals surface area contributed by atoms with Crippen molar-refractivity contribution in [2.45, 2.75) is 12.2 Å². The van der Waals surface area contributed by atoms with E-state index in [2.05, 4.69) is 5.32 Å². The number of nitro groups is 1. The molecule has 1 rings (SSSR count). The van der Waals surface area contributed by atoms with E-state index >= 15 is 0 Å². The van der Waals surface area contributed by atoms with Crippen LogP contribution in [0, 0.1) is 10.1 Å². The number of nitro benzene ring substituents is 1. The maximum Gasteiger partial charge on any atom is 0.271 e. The fourth-order valence-corrected chi connectivity index (χ4v) is 2.03. The first-order chi connectivity index (χ1) is 12.2. The minimum Gasteiger partial charge on any atom is -0.394 e. The monoisotopic (exact) mass is 371 g/mol. The molecule has 144 valence electrons. The number of carbonyl (C=O) groups is 2. The van der Waals surface area contributed by atoms with E-state index in [9.17, 15) is 29.9 Å². The molecule has 1 aromatic carbocycles. The molecule has 2 amide bonds.